The molecule has 220 valence electrons. The normalized spacial score (nSPS) is 12.1. The number of halogens is 4. The van der Waals surface area contributed by atoms with Gasteiger partial charge in [-0.25, -0.2) is 41.9 Å². The van der Waals surface area contributed by atoms with E-state index in [-0.39, 0.29) is 21.7 Å². The summed E-state index contributed by atoms with van der Waals surface area (Å²) >= 11 is 0. The van der Waals surface area contributed by atoms with Gasteiger partial charge in [-0.05, 0) is 52.0 Å². The Labute approximate surface area is 267 Å². The molecule has 6 rings (SSSR count). The first kappa shape index (κ1) is 35.6. The molecule has 0 bridgehead atoms. The average Bonchev–Trinajstić information content (AvgIpc) is 3.76. The van der Waals surface area contributed by atoms with Crippen molar-refractivity contribution in [3.8, 4) is 0 Å². The topological polar surface area (TPSA) is 9.86 Å². The number of aryl methyl sites for hydroxylation is 4. The van der Waals surface area contributed by atoms with E-state index >= 15 is 0 Å². The van der Waals surface area contributed by atoms with Crippen LogP contribution in [0.3, 0.4) is 0 Å². The molecule has 2 aromatic heterocycles. The molecule has 2 heterocycles. The fourth-order valence-corrected chi connectivity index (χ4v) is 4.23. The summed E-state index contributed by atoms with van der Waals surface area (Å²) in [5, 5.41) is 0. The smallest absolute Gasteiger partial charge is 0.347 e. The Morgan fingerprint density at radius 1 is 0.558 bits per heavy atom. The van der Waals surface area contributed by atoms with Gasteiger partial charge in [-0.15, -0.1) is 60.4 Å². The number of hydrogen-bond donors (Lipinski definition) is 0. The van der Waals surface area contributed by atoms with Crippen LogP contribution in [0.4, 0.5) is 17.6 Å². The van der Waals surface area contributed by atoms with Crippen LogP contribution in [0.25, 0.3) is 0 Å². The molecule has 0 spiro atoms. The molecular formula is C36H34F4N2Ti. The maximum Gasteiger partial charge on any atom is 4.00 e. The van der Waals surface area contributed by atoms with Gasteiger partial charge in [0.1, 0.15) is 0 Å². The summed E-state index contributed by atoms with van der Waals surface area (Å²) in [5.74, 6) is -2.62. The van der Waals surface area contributed by atoms with E-state index in [1.165, 1.54) is 24.3 Å². The molecule has 0 N–H and O–H groups in total. The number of allylic oxidation sites excluding steroid dienone is 8. The molecule has 7 heteroatoms. The molecule has 0 saturated heterocycles. The van der Waals surface area contributed by atoms with E-state index in [2.05, 4.69) is 24.3 Å². The third kappa shape index (κ3) is 12.3. The quantitative estimate of drug-likeness (QED) is 0.123. The standard InChI is InChI=1S/2C13H12F2N.2C5H5.Ti/c2*1-9-3-4-10(2)16(9)8-11-5-12(14)7-13(15)6-11;2*1-2-4-5-3-1;/h2*3-6H,8H2,1-2H3;2*1-3H,4H2;/q4*-1;+4. The Kier molecular flexibility index (Phi) is 15.0. The monoisotopic (exact) mass is 618 g/mol. The van der Waals surface area contributed by atoms with Gasteiger partial charge in [-0.1, -0.05) is 0 Å². The van der Waals surface area contributed by atoms with Gasteiger partial charge in [0.2, 0.25) is 0 Å². The predicted octanol–water partition coefficient (Wildman–Crippen LogP) is 9.07. The maximum atomic E-state index is 13.0. The van der Waals surface area contributed by atoms with Crippen LogP contribution in [0.1, 0.15) is 46.7 Å². The molecule has 4 aromatic rings. The number of aromatic nitrogens is 2. The van der Waals surface area contributed by atoms with Gasteiger partial charge in [0, 0.05) is 59.1 Å². The summed E-state index contributed by atoms with van der Waals surface area (Å²) in [7, 11) is 0. The summed E-state index contributed by atoms with van der Waals surface area (Å²) in [6.45, 7) is 8.83. The van der Waals surface area contributed by atoms with E-state index < -0.39 is 23.3 Å². The van der Waals surface area contributed by atoms with Crippen LogP contribution >= 0.6 is 0 Å². The van der Waals surface area contributed by atoms with E-state index in [0.29, 0.717) is 24.2 Å². The van der Waals surface area contributed by atoms with Crippen molar-refractivity contribution in [3.63, 3.8) is 0 Å². The van der Waals surface area contributed by atoms with E-state index in [9.17, 15) is 17.6 Å². The van der Waals surface area contributed by atoms with Crippen molar-refractivity contribution in [1.82, 2.24) is 9.13 Å². The van der Waals surface area contributed by atoms with Crippen molar-refractivity contribution in [2.45, 2.75) is 53.6 Å². The Bertz CT molecular complexity index is 1360. The number of hydrogen-bond acceptors (Lipinski definition) is 0. The SMILES string of the molecule is Cc1ccc(C)n1Cc1cc(F)[c-]c(F)c1.Cc1ccc(C)n1Cc1cc(F)[c-]c(F)c1.[C-]1=CC=CC1.[C-]1=CC=CC1.[Ti+4]. The van der Waals surface area contributed by atoms with Crippen LogP contribution in [0.2, 0.25) is 0 Å². The van der Waals surface area contributed by atoms with Crippen molar-refractivity contribution in [2.24, 2.45) is 0 Å². The number of rotatable bonds is 4. The third-order valence-corrected chi connectivity index (χ3v) is 6.41. The Hall–Kier alpha value is -3.61. The number of nitrogens with zero attached hydrogens (tertiary/aromatic N) is 2. The predicted molar refractivity (Wildman–Crippen MR) is 160 cm³/mol. The average molecular weight is 619 g/mol. The molecule has 0 fully saturated rings. The van der Waals surface area contributed by atoms with E-state index in [0.717, 1.165) is 35.6 Å². The first-order valence-electron chi connectivity index (χ1n) is 13.6. The van der Waals surface area contributed by atoms with E-state index in [1.54, 1.807) is 0 Å². The molecule has 0 amide bonds. The first-order valence-corrected chi connectivity index (χ1v) is 13.6. The Balaban J connectivity index is 0.000000223. The third-order valence-electron chi connectivity index (χ3n) is 6.41. The van der Waals surface area contributed by atoms with Gasteiger partial charge in [0.15, 0.2) is 0 Å². The molecule has 2 aromatic carbocycles. The number of benzene rings is 2. The summed E-state index contributed by atoms with van der Waals surface area (Å²) in [6.07, 6.45) is 20.0. The van der Waals surface area contributed by atoms with Crippen molar-refractivity contribution in [2.75, 3.05) is 0 Å². The molecule has 2 aliphatic carbocycles. The minimum Gasteiger partial charge on any atom is -0.347 e. The van der Waals surface area contributed by atoms with Gasteiger partial charge < -0.3 is 9.13 Å². The van der Waals surface area contributed by atoms with Crippen molar-refractivity contribution in [1.29, 1.82) is 0 Å². The van der Waals surface area contributed by atoms with E-state index in [1.807, 2.05) is 97.5 Å². The second kappa shape index (κ2) is 18.1. The fraction of sp³-hybridized carbons (Fsp3) is 0.222. The van der Waals surface area contributed by atoms with Crippen LogP contribution in [-0.2, 0) is 34.8 Å². The Morgan fingerprint density at radius 3 is 1.07 bits per heavy atom. The van der Waals surface area contributed by atoms with Crippen molar-refractivity contribution < 1.29 is 39.3 Å². The van der Waals surface area contributed by atoms with E-state index in [4.69, 9.17) is 0 Å². The van der Waals surface area contributed by atoms with Crippen LogP contribution in [-0.4, -0.2) is 9.13 Å². The van der Waals surface area contributed by atoms with Crippen LogP contribution in [0.5, 0.6) is 0 Å². The second-order valence-electron chi connectivity index (χ2n) is 9.78. The molecule has 0 unspecified atom stereocenters. The summed E-state index contributed by atoms with van der Waals surface area (Å²) < 4.78 is 55.8. The zero-order valence-electron chi connectivity index (χ0n) is 24.8. The largest absolute Gasteiger partial charge is 4.00 e. The zero-order valence-corrected chi connectivity index (χ0v) is 26.4. The molecule has 0 radical (unpaired) electrons. The molecule has 2 nitrogen and oxygen atoms in total. The molecule has 0 atom stereocenters. The van der Waals surface area contributed by atoms with Crippen molar-refractivity contribution >= 4 is 0 Å². The minimum absolute atomic E-state index is 0. The molecule has 43 heavy (non-hydrogen) atoms. The minimum atomic E-state index is -0.655. The fourth-order valence-electron chi connectivity index (χ4n) is 4.23. The first-order chi connectivity index (χ1) is 20.1. The van der Waals surface area contributed by atoms with Gasteiger partial charge in [-0.2, -0.15) is 12.2 Å². The molecule has 2 aliphatic rings. The summed E-state index contributed by atoms with van der Waals surface area (Å²) in [4.78, 5) is 0. The van der Waals surface area contributed by atoms with Crippen LogP contribution in [0, 0.1) is 75.2 Å². The van der Waals surface area contributed by atoms with Crippen LogP contribution in [0.15, 0.2) is 85.0 Å². The Morgan fingerprint density at radius 2 is 0.860 bits per heavy atom. The molecule has 0 saturated carbocycles. The summed E-state index contributed by atoms with van der Waals surface area (Å²) in [6, 6.07) is 17.1. The zero-order chi connectivity index (χ0) is 30.5. The van der Waals surface area contributed by atoms with Gasteiger partial charge in [0.05, 0.1) is 0 Å². The van der Waals surface area contributed by atoms with Gasteiger partial charge in [0.25, 0.3) is 0 Å². The molecule has 0 aliphatic heterocycles. The second-order valence-corrected chi connectivity index (χ2v) is 9.78. The van der Waals surface area contributed by atoms with Gasteiger partial charge in [-0.3, -0.25) is 12.2 Å². The van der Waals surface area contributed by atoms with Gasteiger partial charge >= 0.3 is 21.7 Å². The maximum absolute atomic E-state index is 13.0. The summed E-state index contributed by atoms with van der Waals surface area (Å²) in [5.41, 5.74) is 5.52. The van der Waals surface area contributed by atoms with Crippen LogP contribution < -0.4 is 0 Å². The van der Waals surface area contributed by atoms with Crippen molar-refractivity contribution in [3.05, 3.63) is 166 Å². The molecular weight excluding hydrogens is 584 g/mol.